The predicted molar refractivity (Wildman–Crippen MR) is 92.6 cm³/mol. The number of halogens is 3. The first kappa shape index (κ1) is 22.1. The highest BCUT2D eigenvalue weighted by molar-refractivity contribution is 8.00. The number of unbranched alkanes of at least 4 members (excludes halogenated alkanes) is 6. The molecular weight excluding hydrogens is 377 g/mol. The van der Waals surface area contributed by atoms with E-state index in [4.69, 9.17) is 9.29 Å². The summed E-state index contributed by atoms with van der Waals surface area (Å²) in [6.45, 7) is 0.508. The first-order valence-corrected chi connectivity index (χ1v) is 10.5. The average Bonchev–Trinajstić information content (AvgIpc) is 2.48. The van der Waals surface area contributed by atoms with Crippen LogP contribution in [-0.2, 0) is 10.1 Å². The highest BCUT2D eigenvalue weighted by Crippen LogP contribution is 2.37. The molecular formula is C16H23F3O4S2. The summed E-state index contributed by atoms with van der Waals surface area (Å²) >= 11 is -0.149. The standard InChI is InChI=1S/C16H23F3O4S2/c17-16(18,19)24-15-10-8-14(9-11-15)23-12-6-4-2-1-3-5-7-13-25(20,21)22/h8-11H,1-7,12-13H2,(H,20,21,22). The smallest absolute Gasteiger partial charge is 0.446 e. The maximum Gasteiger partial charge on any atom is 0.446 e. The zero-order valence-corrected chi connectivity index (χ0v) is 15.4. The monoisotopic (exact) mass is 400 g/mol. The Morgan fingerprint density at radius 1 is 0.920 bits per heavy atom. The Labute approximate surface area is 150 Å². The van der Waals surface area contributed by atoms with E-state index >= 15 is 0 Å². The minimum Gasteiger partial charge on any atom is -0.494 e. The lowest BCUT2D eigenvalue weighted by Crippen LogP contribution is -2.03. The van der Waals surface area contributed by atoms with E-state index in [1.165, 1.54) is 24.3 Å². The van der Waals surface area contributed by atoms with Gasteiger partial charge in [-0.3, -0.25) is 4.55 Å². The van der Waals surface area contributed by atoms with Crippen LogP contribution in [0.25, 0.3) is 0 Å². The van der Waals surface area contributed by atoms with Gasteiger partial charge in [0.15, 0.2) is 0 Å². The summed E-state index contributed by atoms with van der Waals surface area (Å²) in [5.74, 6) is 0.373. The van der Waals surface area contributed by atoms with Gasteiger partial charge in [0, 0.05) is 4.90 Å². The van der Waals surface area contributed by atoms with Gasteiger partial charge in [-0.2, -0.15) is 21.6 Å². The number of thioether (sulfide) groups is 1. The Morgan fingerprint density at radius 2 is 1.44 bits per heavy atom. The van der Waals surface area contributed by atoms with Crippen LogP contribution in [0.2, 0.25) is 0 Å². The van der Waals surface area contributed by atoms with Crippen LogP contribution in [0.5, 0.6) is 5.75 Å². The molecule has 0 saturated carbocycles. The van der Waals surface area contributed by atoms with Gasteiger partial charge in [-0.05, 0) is 48.9 Å². The fourth-order valence-electron chi connectivity index (χ4n) is 2.20. The second-order valence-corrected chi connectivity index (χ2v) is 8.34. The van der Waals surface area contributed by atoms with Gasteiger partial charge in [0.2, 0.25) is 0 Å². The van der Waals surface area contributed by atoms with E-state index in [0.29, 0.717) is 18.8 Å². The Morgan fingerprint density at radius 3 is 1.96 bits per heavy atom. The summed E-state index contributed by atoms with van der Waals surface area (Å²) < 4.78 is 71.7. The third-order valence-corrected chi connectivity index (χ3v) is 4.92. The van der Waals surface area contributed by atoms with Crippen molar-refractivity contribution in [3.05, 3.63) is 24.3 Å². The Kier molecular flexibility index (Phi) is 9.66. The molecule has 0 aromatic heterocycles. The first-order chi connectivity index (χ1) is 11.7. The highest BCUT2D eigenvalue weighted by atomic mass is 32.2. The second kappa shape index (κ2) is 10.9. The van der Waals surface area contributed by atoms with Crippen molar-refractivity contribution < 1.29 is 30.9 Å². The summed E-state index contributed by atoms with van der Waals surface area (Å²) in [7, 11) is -3.84. The minimum absolute atomic E-state index is 0.133. The lowest BCUT2D eigenvalue weighted by atomic mass is 10.1. The SMILES string of the molecule is O=S(=O)(O)CCCCCCCCCOc1ccc(SC(F)(F)F)cc1. The highest BCUT2D eigenvalue weighted by Gasteiger charge is 2.28. The maximum atomic E-state index is 12.2. The number of ether oxygens (including phenoxy) is 1. The number of rotatable bonds is 12. The van der Waals surface area contributed by atoms with E-state index in [0.717, 1.165) is 38.5 Å². The van der Waals surface area contributed by atoms with Crippen LogP contribution in [0.4, 0.5) is 13.2 Å². The van der Waals surface area contributed by atoms with E-state index in [2.05, 4.69) is 0 Å². The molecule has 25 heavy (non-hydrogen) atoms. The molecule has 0 radical (unpaired) electrons. The molecule has 0 spiro atoms. The van der Waals surface area contributed by atoms with E-state index in [1.54, 1.807) is 0 Å². The Bertz CT molecular complexity index is 586. The molecule has 144 valence electrons. The van der Waals surface area contributed by atoms with Crippen molar-refractivity contribution in [1.29, 1.82) is 0 Å². The van der Waals surface area contributed by atoms with Crippen molar-refractivity contribution in [2.45, 2.75) is 55.3 Å². The van der Waals surface area contributed by atoms with Crippen LogP contribution in [-0.4, -0.2) is 30.8 Å². The molecule has 0 heterocycles. The van der Waals surface area contributed by atoms with Gasteiger partial charge in [-0.25, -0.2) is 0 Å². The molecule has 1 aromatic carbocycles. The third kappa shape index (κ3) is 13.0. The van der Waals surface area contributed by atoms with Gasteiger partial charge in [0.05, 0.1) is 12.4 Å². The summed E-state index contributed by atoms with van der Waals surface area (Å²) in [6, 6.07) is 5.84. The summed E-state index contributed by atoms with van der Waals surface area (Å²) in [5, 5.41) is 0. The van der Waals surface area contributed by atoms with Crippen LogP contribution >= 0.6 is 11.8 Å². The Balaban J connectivity index is 2.03. The van der Waals surface area contributed by atoms with Crippen LogP contribution in [0.15, 0.2) is 29.2 Å². The molecule has 1 rings (SSSR count). The van der Waals surface area contributed by atoms with E-state index < -0.39 is 15.6 Å². The number of benzene rings is 1. The molecule has 4 nitrogen and oxygen atoms in total. The number of hydrogen-bond donors (Lipinski definition) is 1. The van der Waals surface area contributed by atoms with Gasteiger partial charge in [-0.15, -0.1) is 0 Å². The average molecular weight is 400 g/mol. The second-order valence-electron chi connectivity index (χ2n) is 5.63. The van der Waals surface area contributed by atoms with Crippen LogP contribution in [0.1, 0.15) is 44.9 Å². The van der Waals surface area contributed by atoms with E-state index in [9.17, 15) is 21.6 Å². The van der Waals surface area contributed by atoms with Crippen LogP contribution in [0, 0.1) is 0 Å². The molecule has 0 aliphatic heterocycles. The first-order valence-electron chi connectivity index (χ1n) is 8.09. The zero-order chi connectivity index (χ0) is 18.8. The van der Waals surface area contributed by atoms with Gasteiger partial charge < -0.3 is 4.74 Å². The molecule has 0 atom stereocenters. The van der Waals surface area contributed by atoms with Gasteiger partial charge in [0.1, 0.15) is 5.75 Å². The van der Waals surface area contributed by atoms with Gasteiger partial charge in [0.25, 0.3) is 10.1 Å². The Hall–Kier alpha value is -0.930. The fourth-order valence-corrected chi connectivity index (χ4v) is 3.31. The predicted octanol–water partition coefficient (Wildman–Crippen LogP) is 5.30. The summed E-state index contributed by atoms with van der Waals surface area (Å²) in [4.78, 5) is 0.133. The number of alkyl halides is 3. The van der Waals surface area contributed by atoms with E-state index in [1.807, 2.05) is 0 Å². The molecule has 1 aromatic rings. The molecule has 0 aliphatic carbocycles. The summed E-state index contributed by atoms with van der Waals surface area (Å²) in [5.41, 5.74) is -4.28. The van der Waals surface area contributed by atoms with Crippen molar-refractivity contribution in [2.75, 3.05) is 12.4 Å². The largest absolute Gasteiger partial charge is 0.494 e. The third-order valence-electron chi connectivity index (χ3n) is 3.37. The van der Waals surface area contributed by atoms with Crippen LogP contribution in [0.3, 0.4) is 0 Å². The van der Waals surface area contributed by atoms with Gasteiger partial charge in [-0.1, -0.05) is 32.1 Å². The molecule has 0 bridgehead atoms. The molecule has 0 unspecified atom stereocenters. The molecule has 0 aliphatic rings. The number of hydrogen-bond acceptors (Lipinski definition) is 4. The van der Waals surface area contributed by atoms with Crippen molar-refractivity contribution >= 4 is 21.9 Å². The lowest BCUT2D eigenvalue weighted by Gasteiger charge is -2.08. The van der Waals surface area contributed by atoms with Crippen molar-refractivity contribution in [3.63, 3.8) is 0 Å². The lowest BCUT2D eigenvalue weighted by molar-refractivity contribution is -0.0328. The van der Waals surface area contributed by atoms with Crippen LogP contribution < -0.4 is 4.74 Å². The molecule has 0 saturated heterocycles. The quantitative estimate of drug-likeness (QED) is 0.293. The normalized spacial score (nSPS) is 12.3. The van der Waals surface area contributed by atoms with Crippen molar-refractivity contribution in [2.24, 2.45) is 0 Å². The van der Waals surface area contributed by atoms with E-state index in [-0.39, 0.29) is 22.4 Å². The maximum absolute atomic E-state index is 12.2. The minimum atomic E-state index is -4.28. The van der Waals surface area contributed by atoms with Crippen molar-refractivity contribution in [3.8, 4) is 5.75 Å². The summed E-state index contributed by atoms with van der Waals surface area (Å²) in [6.07, 6.45) is 6.01. The molecule has 0 fully saturated rings. The molecule has 0 amide bonds. The molecule has 9 heteroatoms. The fraction of sp³-hybridized carbons (Fsp3) is 0.625. The zero-order valence-electron chi connectivity index (χ0n) is 13.8. The molecule has 1 N–H and O–H groups in total. The topological polar surface area (TPSA) is 63.6 Å². The van der Waals surface area contributed by atoms with Gasteiger partial charge >= 0.3 is 5.51 Å². The van der Waals surface area contributed by atoms with Crippen molar-refractivity contribution in [1.82, 2.24) is 0 Å².